The summed E-state index contributed by atoms with van der Waals surface area (Å²) in [6, 6.07) is 101. The first-order valence-corrected chi connectivity index (χ1v) is 24.3. The smallest absolute Gasteiger partial charge is 0.0731 e. The minimum atomic E-state index is -0.461. The molecule has 0 saturated heterocycles. The first-order valence-electron chi connectivity index (χ1n) is 24.3. The van der Waals surface area contributed by atoms with Gasteiger partial charge in [0.25, 0.3) is 0 Å². The van der Waals surface area contributed by atoms with Crippen molar-refractivity contribution in [3.8, 4) is 66.8 Å². The van der Waals surface area contributed by atoms with Gasteiger partial charge in [-0.2, -0.15) is 0 Å². The van der Waals surface area contributed by atoms with E-state index in [2.05, 4.69) is 278 Å². The lowest BCUT2D eigenvalue weighted by molar-refractivity contribution is 0.796. The highest BCUT2D eigenvalue weighted by Crippen LogP contribution is 2.64. The summed E-state index contributed by atoms with van der Waals surface area (Å²) in [4.78, 5) is 2.44. The minimum absolute atomic E-state index is 0.461. The fourth-order valence-electron chi connectivity index (χ4n) is 12.1. The van der Waals surface area contributed by atoms with Gasteiger partial charge in [0.05, 0.1) is 11.1 Å². The van der Waals surface area contributed by atoms with Crippen molar-refractivity contribution >= 4 is 38.6 Å². The van der Waals surface area contributed by atoms with E-state index in [1.807, 2.05) is 0 Å². The second kappa shape index (κ2) is 16.0. The molecule has 0 saturated carbocycles. The van der Waals surface area contributed by atoms with Gasteiger partial charge in [0.2, 0.25) is 0 Å². The van der Waals surface area contributed by atoms with Crippen LogP contribution in [-0.4, -0.2) is 0 Å². The molecule has 2 aliphatic carbocycles. The Morgan fingerprint density at radius 2 is 0.629 bits per heavy atom. The van der Waals surface area contributed by atoms with Crippen LogP contribution in [0.15, 0.2) is 273 Å². The Morgan fingerprint density at radius 3 is 1.24 bits per heavy atom. The SMILES string of the molecule is c1ccc(-c2ccc(-c3ccc(N(c4ccc(-c5cccc6ccccc56)cc4)c4ccc(-c5cccc6c5C5(c7ccccc7-c7ccccc75)c5ccccc5-6)c5ccccc45)cc3)cc2)cc1. The van der Waals surface area contributed by atoms with Gasteiger partial charge in [-0.3, -0.25) is 0 Å². The van der Waals surface area contributed by atoms with Gasteiger partial charge in [0.15, 0.2) is 0 Å². The predicted molar refractivity (Wildman–Crippen MR) is 294 cm³/mol. The first kappa shape index (κ1) is 40.1. The van der Waals surface area contributed by atoms with Crippen molar-refractivity contribution < 1.29 is 0 Å². The summed E-state index contributed by atoms with van der Waals surface area (Å²) in [6.07, 6.45) is 0. The van der Waals surface area contributed by atoms with Crippen LogP contribution >= 0.6 is 0 Å². The number of hydrogen-bond donors (Lipinski definition) is 0. The van der Waals surface area contributed by atoms with Crippen molar-refractivity contribution in [3.63, 3.8) is 0 Å². The first-order chi connectivity index (χ1) is 34.7. The molecule has 0 aromatic heterocycles. The Balaban J connectivity index is 0.940. The second-order valence-electron chi connectivity index (χ2n) is 18.7. The topological polar surface area (TPSA) is 3.24 Å². The zero-order valence-corrected chi connectivity index (χ0v) is 38.4. The second-order valence-corrected chi connectivity index (χ2v) is 18.7. The van der Waals surface area contributed by atoms with Crippen molar-refractivity contribution in [2.75, 3.05) is 4.90 Å². The third kappa shape index (κ3) is 6.05. The molecule has 0 unspecified atom stereocenters. The monoisotopic (exact) mass is 887 g/mol. The van der Waals surface area contributed by atoms with Gasteiger partial charge >= 0.3 is 0 Å². The average Bonchev–Trinajstić information content (AvgIpc) is 3.91. The molecule has 0 heterocycles. The summed E-state index contributed by atoms with van der Waals surface area (Å²) >= 11 is 0. The Morgan fingerprint density at radius 1 is 0.229 bits per heavy atom. The third-order valence-electron chi connectivity index (χ3n) is 15.1. The van der Waals surface area contributed by atoms with Crippen LogP contribution in [0.5, 0.6) is 0 Å². The molecule has 2 aliphatic rings. The highest BCUT2D eigenvalue weighted by atomic mass is 15.1. The number of benzene rings is 12. The number of fused-ring (bicyclic) bond motifs is 12. The third-order valence-corrected chi connectivity index (χ3v) is 15.1. The molecular formula is C69H45N. The van der Waals surface area contributed by atoms with Crippen LogP contribution in [0.1, 0.15) is 22.3 Å². The van der Waals surface area contributed by atoms with Crippen LogP contribution < -0.4 is 4.90 Å². The molecule has 14 rings (SSSR count). The summed E-state index contributed by atoms with van der Waals surface area (Å²) < 4.78 is 0. The van der Waals surface area contributed by atoms with E-state index in [9.17, 15) is 0 Å². The molecule has 0 amide bonds. The maximum atomic E-state index is 2.44. The van der Waals surface area contributed by atoms with Crippen LogP contribution in [0.25, 0.3) is 88.3 Å². The van der Waals surface area contributed by atoms with E-state index in [1.165, 1.54) is 111 Å². The number of nitrogens with zero attached hydrogens (tertiary/aromatic N) is 1. The summed E-state index contributed by atoms with van der Waals surface area (Å²) in [5, 5.41) is 4.90. The predicted octanol–water partition coefficient (Wildman–Crippen LogP) is 18.5. The summed E-state index contributed by atoms with van der Waals surface area (Å²) in [5.41, 5.74) is 23.2. The van der Waals surface area contributed by atoms with E-state index in [4.69, 9.17) is 0 Å². The zero-order valence-electron chi connectivity index (χ0n) is 38.4. The lowest BCUT2D eigenvalue weighted by Crippen LogP contribution is -2.26. The van der Waals surface area contributed by atoms with Crippen LogP contribution in [0.4, 0.5) is 17.1 Å². The molecule has 0 atom stereocenters. The lowest BCUT2D eigenvalue weighted by Gasteiger charge is -2.32. The van der Waals surface area contributed by atoms with Gasteiger partial charge in [-0.05, 0) is 136 Å². The molecule has 1 nitrogen and oxygen atoms in total. The van der Waals surface area contributed by atoms with Crippen molar-refractivity contribution in [1.82, 2.24) is 0 Å². The maximum absolute atomic E-state index is 2.44. The van der Waals surface area contributed by atoms with Gasteiger partial charge in [0.1, 0.15) is 0 Å². The highest BCUT2D eigenvalue weighted by Gasteiger charge is 2.52. The Bertz CT molecular complexity index is 3910. The summed E-state index contributed by atoms with van der Waals surface area (Å²) in [5.74, 6) is 0. The Kier molecular flexibility index (Phi) is 9.19. The quantitative estimate of drug-likeness (QED) is 0.154. The average molecular weight is 888 g/mol. The molecule has 12 aromatic carbocycles. The van der Waals surface area contributed by atoms with Crippen molar-refractivity contribution in [2.24, 2.45) is 0 Å². The molecular weight excluding hydrogens is 843 g/mol. The number of hydrogen-bond acceptors (Lipinski definition) is 1. The highest BCUT2D eigenvalue weighted by molar-refractivity contribution is 6.09. The van der Waals surface area contributed by atoms with Crippen molar-refractivity contribution in [2.45, 2.75) is 5.41 Å². The molecule has 12 aromatic rings. The van der Waals surface area contributed by atoms with Gasteiger partial charge in [0, 0.05) is 16.8 Å². The Hall–Kier alpha value is -9.04. The normalized spacial score (nSPS) is 12.7. The molecule has 0 aliphatic heterocycles. The van der Waals surface area contributed by atoms with E-state index in [0.717, 1.165) is 17.1 Å². The van der Waals surface area contributed by atoms with Crippen LogP contribution in [0.2, 0.25) is 0 Å². The zero-order chi connectivity index (χ0) is 46.2. The van der Waals surface area contributed by atoms with Crippen LogP contribution in [-0.2, 0) is 5.41 Å². The molecule has 1 heteroatoms. The number of anilines is 3. The lowest BCUT2D eigenvalue weighted by atomic mass is 9.68. The largest absolute Gasteiger partial charge is 0.310 e. The van der Waals surface area contributed by atoms with Crippen molar-refractivity contribution in [3.05, 3.63) is 295 Å². The van der Waals surface area contributed by atoms with Gasteiger partial charge < -0.3 is 4.90 Å². The van der Waals surface area contributed by atoms with Gasteiger partial charge in [-0.15, -0.1) is 0 Å². The van der Waals surface area contributed by atoms with E-state index in [-0.39, 0.29) is 0 Å². The molecule has 1 spiro atoms. The van der Waals surface area contributed by atoms with E-state index in [1.54, 1.807) is 0 Å². The molecule has 0 radical (unpaired) electrons. The van der Waals surface area contributed by atoms with E-state index >= 15 is 0 Å². The standard InChI is InChI=1S/C69H45N/c1-2-16-46(17-3-1)47-32-34-48(35-33-47)49-36-40-52(41-37-49)70(53-42-38-51(39-43-53)55-26-14-19-50-18-4-5-20-54(50)55)67-45-44-57(56-21-6-7-25-61(56)67)62-27-15-28-63-60-24-10-13-31-66(60)69(68(62)63)64-29-11-8-22-58(64)59-23-9-12-30-65(59)69/h1-45H. The molecule has 326 valence electrons. The van der Waals surface area contributed by atoms with E-state index in [0.29, 0.717) is 0 Å². The maximum Gasteiger partial charge on any atom is 0.0731 e. The molecule has 0 bridgehead atoms. The van der Waals surface area contributed by atoms with E-state index < -0.39 is 5.41 Å². The van der Waals surface area contributed by atoms with Crippen molar-refractivity contribution in [1.29, 1.82) is 0 Å². The minimum Gasteiger partial charge on any atom is -0.310 e. The van der Waals surface area contributed by atoms with Crippen LogP contribution in [0.3, 0.4) is 0 Å². The Labute approximate surface area is 408 Å². The molecule has 70 heavy (non-hydrogen) atoms. The van der Waals surface area contributed by atoms with Gasteiger partial charge in [-0.25, -0.2) is 0 Å². The summed E-state index contributed by atoms with van der Waals surface area (Å²) in [7, 11) is 0. The molecule has 0 N–H and O–H groups in total. The number of rotatable bonds is 7. The fraction of sp³-hybridized carbons (Fsp3) is 0.0145. The van der Waals surface area contributed by atoms with Crippen LogP contribution in [0, 0.1) is 0 Å². The fourth-order valence-corrected chi connectivity index (χ4v) is 12.1. The molecule has 0 fully saturated rings. The summed E-state index contributed by atoms with van der Waals surface area (Å²) in [6.45, 7) is 0. The van der Waals surface area contributed by atoms with Gasteiger partial charge in [-0.1, -0.05) is 243 Å².